The third-order valence-corrected chi connectivity index (χ3v) is 5.71. The zero-order valence-electron chi connectivity index (χ0n) is 18.1. The van der Waals surface area contributed by atoms with Crippen LogP contribution >= 0.6 is 11.6 Å². The van der Waals surface area contributed by atoms with E-state index in [0.29, 0.717) is 43.0 Å². The lowest BCUT2D eigenvalue weighted by atomic mass is 9.97. The second-order valence-corrected chi connectivity index (χ2v) is 8.49. The molecule has 4 rings (SSSR count). The van der Waals surface area contributed by atoms with Crippen molar-refractivity contribution in [1.29, 1.82) is 0 Å². The highest BCUT2D eigenvalue weighted by Crippen LogP contribution is 2.22. The van der Waals surface area contributed by atoms with Crippen LogP contribution in [0.4, 0.5) is 0 Å². The fourth-order valence-electron chi connectivity index (χ4n) is 3.79. The standard InChI is InChI=1S/C24H27ClN4O3/c1-17-7-9-21(10-8-17)31-13-11-26-24(30)19-5-3-12-29(15-19)16-22-27-23(28-32-22)18-4-2-6-20(25)14-18/h2,4,6-10,14,19H,3,5,11-13,15-16H2,1H3,(H,26,30). The first-order valence-electron chi connectivity index (χ1n) is 10.8. The van der Waals surface area contributed by atoms with Gasteiger partial charge in [0.2, 0.25) is 17.6 Å². The number of halogens is 1. The Bertz CT molecular complexity index is 1040. The molecule has 1 aromatic heterocycles. The molecule has 2 heterocycles. The number of carbonyl (C=O) groups excluding carboxylic acids is 1. The maximum atomic E-state index is 12.6. The van der Waals surface area contributed by atoms with E-state index in [0.717, 1.165) is 30.7 Å². The first-order chi connectivity index (χ1) is 15.6. The third-order valence-electron chi connectivity index (χ3n) is 5.48. The molecule has 1 saturated heterocycles. The van der Waals surface area contributed by atoms with E-state index in [1.165, 1.54) is 5.56 Å². The number of hydrogen-bond acceptors (Lipinski definition) is 6. The summed E-state index contributed by atoms with van der Waals surface area (Å²) in [5.41, 5.74) is 2.00. The molecular weight excluding hydrogens is 428 g/mol. The van der Waals surface area contributed by atoms with Gasteiger partial charge in [0.15, 0.2) is 0 Å². The summed E-state index contributed by atoms with van der Waals surface area (Å²) in [7, 11) is 0. The number of likely N-dealkylation sites (tertiary alicyclic amines) is 1. The van der Waals surface area contributed by atoms with Crippen molar-refractivity contribution in [3.05, 3.63) is 65.0 Å². The van der Waals surface area contributed by atoms with Crippen molar-refractivity contribution in [2.75, 3.05) is 26.2 Å². The summed E-state index contributed by atoms with van der Waals surface area (Å²) in [5.74, 6) is 1.87. The Morgan fingerprint density at radius 1 is 1.28 bits per heavy atom. The van der Waals surface area contributed by atoms with E-state index < -0.39 is 0 Å². The number of nitrogens with zero attached hydrogens (tertiary/aromatic N) is 3. The average Bonchev–Trinajstić information content (AvgIpc) is 3.26. The smallest absolute Gasteiger partial charge is 0.241 e. The molecule has 1 atom stereocenters. The molecule has 0 radical (unpaired) electrons. The Hall–Kier alpha value is -2.90. The van der Waals surface area contributed by atoms with Crippen LogP contribution in [-0.2, 0) is 11.3 Å². The number of aromatic nitrogens is 2. The minimum Gasteiger partial charge on any atom is -0.492 e. The third kappa shape index (κ3) is 6.08. The monoisotopic (exact) mass is 454 g/mol. The van der Waals surface area contributed by atoms with E-state index in [1.54, 1.807) is 12.1 Å². The second kappa shape index (κ2) is 10.6. The highest BCUT2D eigenvalue weighted by Gasteiger charge is 2.26. The predicted molar refractivity (Wildman–Crippen MR) is 122 cm³/mol. The molecule has 1 fully saturated rings. The van der Waals surface area contributed by atoms with Crippen LogP contribution in [0.25, 0.3) is 11.4 Å². The van der Waals surface area contributed by atoms with Crippen LogP contribution in [0.5, 0.6) is 5.75 Å². The summed E-state index contributed by atoms with van der Waals surface area (Å²) in [6.07, 6.45) is 1.83. The van der Waals surface area contributed by atoms with Gasteiger partial charge in [-0.2, -0.15) is 4.98 Å². The van der Waals surface area contributed by atoms with Crippen LogP contribution in [0.2, 0.25) is 5.02 Å². The van der Waals surface area contributed by atoms with Crippen LogP contribution in [0.3, 0.4) is 0 Å². The van der Waals surface area contributed by atoms with Gasteiger partial charge in [-0.15, -0.1) is 0 Å². The lowest BCUT2D eigenvalue weighted by molar-refractivity contribution is -0.126. The number of piperidine rings is 1. The van der Waals surface area contributed by atoms with Gasteiger partial charge in [0.25, 0.3) is 0 Å². The summed E-state index contributed by atoms with van der Waals surface area (Å²) in [6, 6.07) is 15.2. The van der Waals surface area contributed by atoms with Gasteiger partial charge >= 0.3 is 0 Å². The van der Waals surface area contributed by atoms with Crippen molar-refractivity contribution in [3.63, 3.8) is 0 Å². The van der Waals surface area contributed by atoms with Gasteiger partial charge < -0.3 is 14.6 Å². The van der Waals surface area contributed by atoms with Gasteiger partial charge in [-0.25, -0.2) is 0 Å². The van der Waals surface area contributed by atoms with Crippen LogP contribution in [0.1, 0.15) is 24.3 Å². The molecule has 0 aliphatic carbocycles. The predicted octanol–water partition coefficient (Wildman–Crippen LogP) is 4.11. The van der Waals surface area contributed by atoms with Crippen molar-refractivity contribution < 1.29 is 14.1 Å². The van der Waals surface area contributed by atoms with Gasteiger partial charge in [-0.05, 0) is 50.6 Å². The van der Waals surface area contributed by atoms with E-state index in [-0.39, 0.29) is 11.8 Å². The summed E-state index contributed by atoms with van der Waals surface area (Å²) < 4.78 is 11.1. The minimum atomic E-state index is -0.0570. The summed E-state index contributed by atoms with van der Waals surface area (Å²) in [4.78, 5) is 19.3. The number of nitrogens with one attached hydrogen (secondary N) is 1. The summed E-state index contributed by atoms with van der Waals surface area (Å²) in [5, 5.41) is 7.68. The molecule has 1 amide bonds. The zero-order valence-corrected chi connectivity index (χ0v) is 18.8. The molecule has 3 aromatic rings. The van der Waals surface area contributed by atoms with E-state index in [2.05, 4.69) is 20.4 Å². The molecule has 1 N–H and O–H groups in total. The van der Waals surface area contributed by atoms with Crippen molar-refractivity contribution >= 4 is 17.5 Å². The number of ether oxygens (including phenoxy) is 1. The number of amides is 1. The van der Waals surface area contributed by atoms with Crippen molar-refractivity contribution in [3.8, 4) is 17.1 Å². The Balaban J connectivity index is 1.23. The lowest BCUT2D eigenvalue weighted by Crippen LogP contribution is -2.43. The molecular formula is C24H27ClN4O3. The minimum absolute atomic E-state index is 0.0570. The molecule has 0 saturated carbocycles. The molecule has 0 bridgehead atoms. The molecule has 2 aromatic carbocycles. The number of benzene rings is 2. The highest BCUT2D eigenvalue weighted by molar-refractivity contribution is 6.30. The molecule has 1 unspecified atom stereocenters. The number of carbonyl (C=O) groups is 1. The van der Waals surface area contributed by atoms with E-state index in [9.17, 15) is 4.79 Å². The number of aryl methyl sites for hydroxylation is 1. The molecule has 168 valence electrons. The van der Waals surface area contributed by atoms with Crippen LogP contribution in [0.15, 0.2) is 53.1 Å². The first-order valence-corrected chi connectivity index (χ1v) is 11.2. The topological polar surface area (TPSA) is 80.5 Å². The maximum Gasteiger partial charge on any atom is 0.241 e. The molecule has 0 spiro atoms. The molecule has 1 aliphatic heterocycles. The Kier molecular flexibility index (Phi) is 7.39. The number of hydrogen-bond donors (Lipinski definition) is 1. The maximum absolute atomic E-state index is 12.6. The van der Waals surface area contributed by atoms with E-state index in [4.69, 9.17) is 20.9 Å². The highest BCUT2D eigenvalue weighted by atomic mass is 35.5. The Morgan fingerprint density at radius 3 is 2.94 bits per heavy atom. The van der Waals surface area contributed by atoms with Gasteiger partial charge in [0.05, 0.1) is 19.0 Å². The quantitative estimate of drug-likeness (QED) is 0.516. The van der Waals surface area contributed by atoms with Gasteiger partial charge in [0.1, 0.15) is 12.4 Å². The lowest BCUT2D eigenvalue weighted by Gasteiger charge is -2.30. The largest absolute Gasteiger partial charge is 0.492 e. The molecule has 8 heteroatoms. The second-order valence-electron chi connectivity index (χ2n) is 8.05. The van der Waals surface area contributed by atoms with Crippen molar-refractivity contribution in [1.82, 2.24) is 20.4 Å². The van der Waals surface area contributed by atoms with E-state index in [1.807, 2.05) is 43.3 Å². The number of rotatable bonds is 8. The molecule has 1 aliphatic rings. The Labute approximate surface area is 192 Å². The van der Waals surface area contributed by atoms with Crippen LogP contribution < -0.4 is 10.1 Å². The fraction of sp³-hybridized carbons (Fsp3) is 0.375. The van der Waals surface area contributed by atoms with Crippen LogP contribution in [0, 0.1) is 12.8 Å². The van der Waals surface area contributed by atoms with Gasteiger partial charge in [-0.3, -0.25) is 9.69 Å². The van der Waals surface area contributed by atoms with E-state index >= 15 is 0 Å². The first kappa shape index (κ1) is 22.3. The van der Waals surface area contributed by atoms with Crippen molar-refractivity contribution in [2.24, 2.45) is 5.92 Å². The SMILES string of the molecule is Cc1ccc(OCCNC(=O)C2CCCN(Cc3nc(-c4cccc(Cl)c4)no3)C2)cc1. The van der Waals surface area contributed by atoms with Gasteiger partial charge in [-0.1, -0.05) is 46.6 Å². The summed E-state index contributed by atoms with van der Waals surface area (Å²) >= 11 is 6.04. The zero-order chi connectivity index (χ0) is 22.3. The van der Waals surface area contributed by atoms with Crippen molar-refractivity contribution in [2.45, 2.75) is 26.3 Å². The Morgan fingerprint density at radius 2 is 2.12 bits per heavy atom. The summed E-state index contributed by atoms with van der Waals surface area (Å²) in [6.45, 7) is 5.05. The fourth-order valence-corrected chi connectivity index (χ4v) is 3.98. The molecule has 7 nitrogen and oxygen atoms in total. The normalized spacial score (nSPS) is 16.6. The average molecular weight is 455 g/mol. The van der Waals surface area contributed by atoms with Crippen LogP contribution in [-0.4, -0.2) is 47.2 Å². The van der Waals surface area contributed by atoms with Gasteiger partial charge in [0, 0.05) is 17.1 Å². The molecule has 32 heavy (non-hydrogen) atoms.